The van der Waals surface area contributed by atoms with Crippen LogP contribution in [0.5, 0.6) is 11.6 Å². The predicted molar refractivity (Wildman–Crippen MR) is 59.5 cm³/mol. The molecule has 4 nitrogen and oxygen atoms in total. The lowest BCUT2D eigenvalue weighted by molar-refractivity contribution is 0.340. The molecule has 0 saturated carbocycles. The van der Waals surface area contributed by atoms with E-state index in [4.69, 9.17) is 9.15 Å². The second-order valence-electron chi connectivity index (χ2n) is 3.36. The maximum absolute atomic E-state index is 9.31. The van der Waals surface area contributed by atoms with Crippen LogP contribution in [0.4, 0.5) is 0 Å². The summed E-state index contributed by atoms with van der Waals surface area (Å²) in [7, 11) is 0. The third kappa shape index (κ3) is 2.00. The number of aromatic hydroxyl groups is 1. The second-order valence-corrected chi connectivity index (χ2v) is 3.36. The summed E-state index contributed by atoms with van der Waals surface area (Å²) < 4.78 is 10.6. The predicted octanol–water partition coefficient (Wildman–Crippen LogP) is 2.75. The maximum atomic E-state index is 9.31. The molecule has 2 rings (SSSR count). The van der Waals surface area contributed by atoms with E-state index < -0.39 is 0 Å². The highest BCUT2D eigenvalue weighted by molar-refractivity contribution is 5.55. The molecular formula is C12H13NO3. The van der Waals surface area contributed by atoms with Gasteiger partial charge in [-0.2, -0.15) is 4.98 Å². The van der Waals surface area contributed by atoms with Crippen LogP contribution in [0.25, 0.3) is 11.5 Å². The van der Waals surface area contributed by atoms with Crippen LogP contribution in [0.1, 0.15) is 12.7 Å². The summed E-state index contributed by atoms with van der Waals surface area (Å²) >= 11 is 0. The molecule has 1 aromatic heterocycles. The summed E-state index contributed by atoms with van der Waals surface area (Å²) in [6.45, 7) is 4.24. The zero-order valence-electron chi connectivity index (χ0n) is 9.23. The van der Waals surface area contributed by atoms with Crippen molar-refractivity contribution in [3.63, 3.8) is 0 Å². The lowest BCUT2D eigenvalue weighted by atomic mass is 10.2. The molecule has 84 valence electrons. The van der Waals surface area contributed by atoms with Crippen LogP contribution < -0.4 is 4.74 Å². The molecule has 0 radical (unpaired) electrons. The summed E-state index contributed by atoms with van der Waals surface area (Å²) in [5.41, 5.74) is 0.812. The van der Waals surface area contributed by atoms with Crippen LogP contribution in [-0.2, 0) is 0 Å². The third-order valence-corrected chi connectivity index (χ3v) is 2.18. The Labute approximate surface area is 93.5 Å². The first-order chi connectivity index (χ1) is 7.70. The normalized spacial score (nSPS) is 10.4. The SMILES string of the molecule is CCOc1ccc(-c2nc(O)c(C)o2)cc1. The summed E-state index contributed by atoms with van der Waals surface area (Å²) in [6.07, 6.45) is 0. The molecule has 0 saturated heterocycles. The smallest absolute Gasteiger partial charge is 0.253 e. The number of hydrogen-bond acceptors (Lipinski definition) is 4. The summed E-state index contributed by atoms with van der Waals surface area (Å²) in [6, 6.07) is 7.37. The van der Waals surface area contributed by atoms with E-state index in [0.29, 0.717) is 18.3 Å². The Morgan fingerprint density at radius 2 is 2.00 bits per heavy atom. The average molecular weight is 219 g/mol. The lowest BCUT2D eigenvalue weighted by Crippen LogP contribution is -1.90. The van der Waals surface area contributed by atoms with Crippen LogP contribution >= 0.6 is 0 Å². The fourth-order valence-electron chi connectivity index (χ4n) is 1.37. The van der Waals surface area contributed by atoms with Gasteiger partial charge in [-0.1, -0.05) is 0 Å². The molecule has 0 amide bonds. The van der Waals surface area contributed by atoms with Gasteiger partial charge in [0, 0.05) is 5.56 Å². The van der Waals surface area contributed by atoms with E-state index in [1.807, 2.05) is 31.2 Å². The minimum absolute atomic E-state index is 0.0658. The van der Waals surface area contributed by atoms with E-state index in [2.05, 4.69) is 4.98 Å². The summed E-state index contributed by atoms with van der Waals surface area (Å²) in [4.78, 5) is 3.90. The fraction of sp³-hybridized carbons (Fsp3) is 0.250. The zero-order chi connectivity index (χ0) is 11.5. The minimum atomic E-state index is -0.0658. The van der Waals surface area contributed by atoms with Gasteiger partial charge in [-0.05, 0) is 38.1 Å². The van der Waals surface area contributed by atoms with Crippen molar-refractivity contribution in [3.8, 4) is 23.1 Å². The Morgan fingerprint density at radius 1 is 1.31 bits per heavy atom. The third-order valence-electron chi connectivity index (χ3n) is 2.18. The highest BCUT2D eigenvalue weighted by atomic mass is 16.5. The van der Waals surface area contributed by atoms with E-state index in [9.17, 15) is 5.11 Å². The monoisotopic (exact) mass is 219 g/mol. The van der Waals surface area contributed by atoms with Crippen LogP contribution in [-0.4, -0.2) is 16.7 Å². The highest BCUT2D eigenvalue weighted by Gasteiger charge is 2.09. The molecule has 1 N–H and O–H groups in total. The molecule has 0 fully saturated rings. The molecule has 0 aliphatic rings. The number of hydrogen-bond donors (Lipinski definition) is 1. The van der Waals surface area contributed by atoms with Gasteiger partial charge in [0.05, 0.1) is 6.61 Å². The van der Waals surface area contributed by atoms with Crippen molar-refractivity contribution in [2.24, 2.45) is 0 Å². The van der Waals surface area contributed by atoms with Gasteiger partial charge in [0.2, 0.25) is 5.89 Å². The van der Waals surface area contributed by atoms with Gasteiger partial charge in [0.15, 0.2) is 5.76 Å². The first kappa shape index (κ1) is 10.5. The summed E-state index contributed by atoms with van der Waals surface area (Å²) in [5, 5.41) is 9.31. The molecule has 16 heavy (non-hydrogen) atoms. The van der Waals surface area contributed by atoms with Crippen molar-refractivity contribution < 1.29 is 14.3 Å². The first-order valence-electron chi connectivity index (χ1n) is 5.10. The van der Waals surface area contributed by atoms with Crippen molar-refractivity contribution in [3.05, 3.63) is 30.0 Å². The Bertz CT molecular complexity index is 454. The molecule has 1 heterocycles. The average Bonchev–Trinajstić information content (AvgIpc) is 2.61. The first-order valence-corrected chi connectivity index (χ1v) is 5.10. The Balaban J connectivity index is 2.27. The van der Waals surface area contributed by atoms with Gasteiger partial charge >= 0.3 is 0 Å². The zero-order valence-corrected chi connectivity index (χ0v) is 9.23. The number of rotatable bonds is 3. The molecule has 0 aliphatic carbocycles. The van der Waals surface area contributed by atoms with Crippen molar-refractivity contribution in [1.82, 2.24) is 4.98 Å². The number of oxazole rings is 1. The van der Waals surface area contributed by atoms with Crippen LogP contribution in [0, 0.1) is 6.92 Å². The molecule has 0 unspecified atom stereocenters. The highest BCUT2D eigenvalue weighted by Crippen LogP contribution is 2.26. The number of aromatic nitrogens is 1. The van der Waals surface area contributed by atoms with Crippen LogP contribution in [0.3, 0.4) is 0 Å². The Kier molecular flexibility index (Phi) is 2.81. The number of aryl methyl sites for hydroxylation is 1. The van der Waals surface area contributed by atoms with Gasteiger partial charge in [0.25, 0.3) is 5.88 Å². The van der Waals surface area contributed by atoms with Gasteiger partial charge in [-0.15, -0.1) is 0 Å². The van der Waals surface area contributed by atoms with Crippen molar-refractivity contribution in [1.29, 1.82) is 0 Å². The Hall–Kier alpha value is -1.97. The topological polar surface area (TPSA) is 55.5 Å². The summed E-state index contributed by atoms with van der Waals surface area (Å²) in [5.74, 6) is 1.57. The minimum Gasteiger partial charge on any atom is -0.494 e. The van der Waals surface area contributed by atoms with Gasteiger partial charge in [-0.25, -0.2) is 0 Å². The molecular weight excluding hydrogens is 206 g/mol. The van der Waals surface area contributed by atoms with Gasteiger partial charge in [0.1, 0.15) is 5.75 Å². The molecule has 0 bridgehead atoms. The van der Waals surface area contributed by atoms with E-state index in [1.165, 1.54) is 0 Å². The molecule has 0 aliphatic heterocycles. The standard InChI is InChI=1S/C12H13NO3/c1-3-15-10-6-4-9(5-7-10)12-13-11(14)8(2)16-12/h4-7,14H,3H2,1-2H3. The largest absolute Gasteiger partial charge is 0.494 e. The van der Waals surface area contributed by atoms with Crippen molar-refractivity contribution in [2.75, 3.05) is 6.61 Å². The van der Waals surface area contributed by atoms with Gasteiger partial charge in [-0.3, -0.25) is 0 Å². The Morgan fingerprint density at radius 3 is 2.50 bits per heavy atom. The van der Waals surface area contributed by atoms with Crippen LogP contribution in [0.2, 0.25) is 0 Å². The maximum Gasteiger partial charge on any atom is 0.253 e. The lowest BCUT2D eigenvalue weighted by Gasteiger charge is -2.02. The van der Waals surface area contributed by atoms with E-state index >= 15 is 0 Å². The molecule has 2 aromatic rings. The van der Waals surface area contributed by atoms with E-state index in [1.54, 1.807) is 6.92 Å². The van der Waals surface area contributed by atoms with E-state index in [0.717, 1.165) is 11.3 Å². The molecule has 4 heteroatoms. The number of nitrogens with zero attached hydrogens (tertiary/aromatic N) is 1. The molecule has 1 aromatic carbocycles. The molecule has 0 atom stereocenters. The molecule has 0 spiro atoms. The fourth-order valence-corrected chi connectivity index (χ4v) is 1.37. The second kappa shape index (κ2) is 4.26. The van der Waals surface area contributed by atoms with Crippen molar-refractivity contribution >= 4 is 0 Å². The van der Waals surface area contributed by atoms with E-state index in [-0.39, 0.29) is 5.88 Å². The van der Waals surface area contributed by atoms with Crippen LogP contribution in [0.15, 0.2) is 28.7 Å². The number of ether oxygens (including phenoxy) is 1. The number of benzene rings is 1. The van der Waals surface area contributed by atoms with Gasteiger partial charge < -0.3 is 14.3 Å². The quantitative estimate of drug-likeness (QED) is 0.862. The van der Waals surface area contributed by atoms with Crippen molar-refractivity contribution in [2.45, 2.75) is 13.8 Å².